The third-order valence-corrected chi connectivity index (χ3v) is 1.71. The maximum atomic E-state index is 12.7. The van der Waals surface area contributed by atoms with Gasteiger partial charge in [0.2, 0.25) is 5.95 Å². The third-order valence-electron chi connectivity index (χ3n) is 1.71. The molecule has 1 aliphatic rings. The molecule has 0 saturated heterocycles. The molecule has 3 nitrogen and oxygen atoms in total. The van der Waals surface area contributed by atoms with E-state index in [1.807, 2.05) is 0 Å². The van der Waals surface area contributed by atoms with E-state index in [-0.39, 0.29) is 0 Å². The lowest BCUT2D eigenvalue weighted by Crippen LogP contribution is -1.96. The van der Waals surface area contributed by atoms with Gasteiger partial charge in [0.15, 0.2) is 0 Å². The van der Waals surface area contributed by atoms with Crippen LogP contribution in [0.1, 0.15) is 11.3 Å². The predicted molar refractivity (Wildman–Crippen MR) is 31.7 cm³/mol. The average molecular weight is 142 g/mol. The molecule has 0 amide bonds. The zero-order valence-electron chi connectivity index (χ0n) is 5.59. The molecule has 1 aliphatic heterocycles. The summed E-state index contributed by atoms with van der Waals surface area (Å²) in [4.78, 5) is 0. The van der Waals surface area contributed by atoms with Crippen LogP contribution in [-0.2, 0) is 25.0 Å². The number of fused-ring (bicyclic) bond motifs is 1. The molecule has 54 valence electrons. The van der Waals surface area contributed by atoms with Crippen LogP contribution in [0, 0.1) is 5.95 Å². The van der Waals surface area contributed by atoms with Crippen molar-refractivity contribution < 1.29 is 9.13 Å². The van der Waals surface area contributed by atoms with E-state index in [0.717, 1.165) is 5.69 Å². The van der Waals surface area contributed by atoms with E-state index in [9.17, 15) is 4.39 Å². The first kappa shape index (κ1) is 5.85. The van der Waals surface area contributed by atoms with Crippen LogP contribution < -0.4 is 0 Å². The fraction of sp³-hybridized carbons (Fsp3) is 0.500. The van der Waals surface area contributed by atoms with Gasteiger partial charge >= 0.3 is 0 Å². The van der Waals surface area contributed by atoms with Crippen molar-refractivity contribution in [1.29, 1.82) is 0 Å². The molecule has 0 fully saturated rings. The van der Waals surface area contributed by atoms with Gasteiger partial charge in [0, 0.05) is 7.05 Å². The second-order valence-corrected chi connectivity index (χ2v) is 2.33. The second-order valence-electron chi connectivity index (χ2n) is 2.33. The van der Waals surface area contributed by atoms with Crippen molar-refractivity contribution in [2.75, 3.05) is 0 Å². The first-order chi connectivity index (χ1) is 4.79. The predicted octanol–water partition coefficient (Wildman–Crippen LogP) is 0.589. The largest absolute Gasteiger partial charge is 0.370 e. The lowest BCUT2D eigenvalue weighted by atomic mass is 10.3. The summed E-state index contributed by atoms with van der Waals surface area (Å²) < 4.78 is 19.2. The highest BCUT2D eigenvalue weighted by atomic mass is 19.1. The van der Waals surface area contributed by atoms with Crippen LogP contribution in [0.25, 0.3) is 0 Å². The molecule has 10 heavy (non-hydrogen) atoms. The van der Waals surface area contributed by atoms with Gasteiger partial charge in [0.25, 0.3) is 0 Å². The van der Waals surface area contributed by atoms with Crippen LogP contribution in [0.3, 0.4) is 0 Å². The molecular formula is C6H7FN2O. The van der Waals surface area contributed by atoms with Gasteiger partial charge in [0.05, 0.1) is 24.5 Å². The molecule has 0 bridgehead atoms. The van der Waals surface area contributed by atoms with Gasteiger partial charge in [-0.05, 0) is 0 Å². The van der Waals surface area contributed by atoms with Gasteiger partial charge in [-0.2, -0.15) is 4.39 Å². The van der Waals surface area contributed by atoms with E-state index in [0.29, 0.717) is 18.8 Å². The number of halogens is 1. The molecule has 0 aliphatic carbocycles. The van der Waals surface area contributed by atoms with Crippen molar-refractivity contribution in [1.82, 2.24) is 9.78 Å². The monoisotopic (exact) mass is 142 g/mol. The standard InChI is InChI=1S/C6H7FN2O/c1-9-5-3-10-2-4(5)6(7)8-9/h2-3H2,1H3. The van der Waals surface area contributed by atoms with Crippen molar-refractivity contribution in [3.05, 3.63) is 17.2 Å². The molecule has 0 aromatic carbocycles. The minimum absolute atomic E-state index is 0.370. The van der Waals surface area contributed by atoms with Gasteiger partial charge in [-0.15, -0.1) is 5.10 Å². The molecule has 0 unspecified atom stereocenters. The summed E-state index contributed by atoms with van der Waals surface area (Å²) in [5.74, 6) is -0.394. The average Bonchev–Trinajstić information content (AvgIpc) is 2.39. The van der Waals surface area contributed by atoms with Crippen molar-refractivity contribution >= 4 is 0 Å². The summed E-state index contributed by atoms with van der Waals surface area (Å²) in [5, 5.41) is 3.60. The Kier molecular flexibility index (Phi) is 1.05. The first-order valence-electron chi connectivity index (χ1n) is 3.07. The molecule has 0 radical (unpaired) electrons. The van der Waals surface area contributed by atoms with Crippen molar-refractivity contribution in [3.8, 4) is 0 Å². The van der Waals surface area contributed by atoms with Gasteiger partial charge in [-0.25, -0.2) is 0 Å². The van der Waals surface area contributed by atoms with Crippen LogP contribution in [-0.4, -0.2) is 9.78 Å². The SMILES string of the molecule is Cn1nc(F)c2c1COC2. The summed E-state index contributed by atoms with van der Waals surface area (Å²) in [6.45, 7) is 0.859. The van der Waals surface area contributed by atoms with Crippen LogP contribution >= 0.6 is 0 Å². The number of ether oxygens (including phenoxy) is 1. The van der Waals surface area contributed by atoms with Crippen LogP contribution in [0.4, 0.5) is 4.39 Å². The highest BCUT2D eigenvalue weighted by molar-refractivity contribution is 5.20. The van der Waals surface area contributed by atoms with E-state index in [2.05, 4.69) is 5.10 Å². The minimum Gasteiger partial charge on any atom is -0.370 e. The Morgan fingerprint density at radius 2 is 2.40 bits per heavy atom. The minimum atomic E-state index is -0.394. The van der Waals surface area contributed by atoms with Crippen LogP contribution in [0.5, 0.6) is 0 Å². The summed E-state index contributed by atoms with van der Waals surface area (Å²) >= 11 is 0. The normalized spacial score (nSPS) is 15.8. The maximum absolute atomic E-state index is 12.7. The Hall–Kier alpha value is -0.900. The maximum Gasteiger partial charge on any atom is 0.238 e. The van der Waals surface area contributed by atoms with Crippen molar-refractivity contribution in [2.45, 2.75) is 13.2 Å². The molecule has 2 heterocycles. The Morgan fingerprint density at radius 3 is 3.10 bits per heavy atom. The van der Waals surface area contributed by atoms with Gasteiger partial charge in [-0.1, -0.05) is 0 Å². The lowest BCUT2D eigenvalue weighted by Gasteiger charge is -1.92. The number of aryl methyl sites for hydroxylation is 1. The third kappa shape index (κ3) is 0.593. The van der Waals surface area contributed by atoms with Gasteiger partial charge in [-0.3, -0.25) is 4.68 Å². The number of aromatic nitrogens is 2. The molecular weight excluding hydrogens is 135 g/mol. The number of hydrogen-bond acceptors (Lipinski definition) is 2. The topological polar surface area (TPSA) is 27.1 Å². The summed E-state index contributed by atoms with van der Waals surface area (Å²) in [6.07, 6.45) is 0. The summed E-state index contributed by atoms with van der Waals surface area (Å²) in [7, 11) is 1.72. The van der Waals surface area contributed by atoms with Gasteiger partial charge in [0.1, 0.15) is 0 Å². The van der Waals surface area contributed by atoms with Crippen LogP contribution in [0.2, 0.25) is 0 Å². The van der Waals surface area contributed by atoms with Gasteiger partial charge < -0.3 is 4.74 Å². The molecule has 0 N–H and O–H groups in total. The summed E-state index contributed by atoms with van der Waals surface area (Å²) in [6, 6.07) is 0. The Bertz CT molecular complexity index is 244. The molecule has 0 atom stereocenters. The number of nitrogens with zero attached hydrogens (tertiary/aromatic N) is 2. The smallest absolute Gasteiger partial charge is 0.238 e. The van der Waals surface area contributed by atoms with E-state index in [1.54, 1.807) is 7.05 Å². The molecule has 2 rings (SSSR count). The Balaban J connectivity index is 2.61. The lowest BCUT2D eigenvalue weighted by molar-refractivity contribution is 0.127. The fourth-order valence-electron chi connectivity index (χ4n) is 1.14. The Labute approximate surface area is 57.4 Å². The van der Waals surface area contributed by atoms with Crippen LogP contribution in [0.15, 0.2) is 0 Å². The van der Waals surface area contributed by atoms with E-state index < -0.39 is 5.95 Å². The number of rotatable bonds is 0. The zero-order valence-corrected chi connectivity index (χ0v) is 5.59. The molecule has 1 aromatic rings. The van der Waals surface area contributed by atoms with E-state index >= 15 is 0 Å². The van der Waals surface area contributed by atoms with E-state index in [4.69, 9.17) is 4.74 Å². The van der Waals surface area contributed by atoms with Crippen molar-refractivity contribution in [2.24, 2.45) is 7.05 Å². The molecule has 4 heteroatoms. The summed E-state index contributed by atoms with van der Waals surface area (Å²) in [5.41, 5.74) is 1.47. The zero-order chi connectivity index (χ0) is 7.14. The Morgan fingerprint density at radius 1 is 1.60 bits per heavy atom. The fourth-order valence-corrected chi connectivity index (χ4v) is 1.14. The van der Waals surface area contributed by atoms with Crippen molar-refractivity contribution in [3.63, 3.8) is 0 Å². The first-order valence-corrected chi connectivity index (χ1v) is 3.07. The molecule has 0 spiro atoms. The molecule has 1 aromatic heterocycles. The number of hydrogen-bond donors (Lipinski definition) is 0. The quantitative estimate of drug-likeness (QED) is 0.530. The molecule has 0 saturated carbocycles. The highest BCUT2D eigenvalue weighted by Crippen LogP contribution is 2.20. The van der Waals surface area contributed by atoms with E-state index in [1.165, 1.54) is 4.68 Å². The highest BCUT2D eigenvalue weighted by Gasteiger charge is 2.20. The second kappa shape index (κ2) is 1.79.